The minimum Gasteiger partial charge on any atom is -0.497 e. The lowest BCUT2D eigenvalue weighted by atomic mass is 10.1. The molecule has 0 aliphatic rings. The molecule has 2 N–H and O–H groups in total. The number of ether oxygens (including phenoxy) is 1. The third-order valence-corrected chi connectivity index (χ3v) is 2.63. The zero-order valence-corrected chi connectivity index (χ0v) is 9.45. The van der Waals surface area contributed by atoms with Gasteiger partial charge in [0.25, 0.3) is 0 Å². The van der Waals surface area contributed by atoms with Crippen LogP contribution in [-0.2, 0) is 11.2 Å². The molecule has 76 valence electrons. The summed E-state index contributed by atoms with van der Waals surface area (Å²) in [6.07, 6.45) is 0.576. The molecule has 0 bridgehead atoms. The molecule has 0 aromatic heterocycles. The molecular weight excluding hydrogens is 246 g/mol. The third kappa shape index (κ3) is 3.03. The molecule has 0 spiro atoms. The summed E-state index contributed by atoms with van der Waals surface area (Å²) >= 11 is 3.21. The normalized spacial score (nSPS) is 12.1. The Kier molecular flexibility index (Phi) is 3.95. The third-order valence-electron chi connectivity index (χ3n) is 1.86. The number of hydrogen-bond acceptors (Lipinski definition) is 2. The van der Waals surface area contributed by atoms with E-state index < -0.39 is 0 Å². The van der Waals surface area contributed by atoms with Crippen molar-refractivity contribution in [1.82, 2.24) is 0 Å². The number of carbonyl (C=O) groups is 1. The molecule has 0 heterocycles. The van der Waals surface area contributed by atoms with Crippen LogP contribution in [0.4, 0.5) is 0 Å². The Morgan fingerprint density at radius 3 is 2.93 bits per heavy atom. The lowest BCUT2D eigenvalue weighted by Crippen LogP contribution is -2.24. The first kappa shape index (κ1) is 11.0. The first-order valence-electron chi connectivity index (χ1n) is 4.20. The van der Waals surface area contributed by atoms with Crippen LogP contribution in [0.15, 0.2) is 24.3 Å². The van der Waals surface area contributed by atoms with Crippen molar-refractivity contribution < 1.29 is 9.53 Å². The molecule has 0 aliphatic heterocycles. The highest BCUT2D eigenvalue weighted by Gasteiger charge is 2.11. The van der Waals surface area contributed by atoms with Gasteiger partial charge >= 0.3 is 0 Å². The fourth-order valence-corrected chi connectivity index (χ4v) is 1.48. The Balaban J connectivity index is 2.71. The number of carbonyl (C=O) groups excluding carboxylic acids is 1. The molecule has 4 heteroatoms. The van der Waals surface area contributed by atoms with Crippen LogP contribution in [0, 0.1) is 0 Å². The van der Waals surface area contributed by atoms with E-state index in [0.29, 0.717) is 6.42 Å². The maximum Gasteiger partial charge on any atom is 0.231 e. The van der Waals surface area contributed by atoms with Gasteiger partial charge in [-0.15, -0.1) is 0 Å². The molecule has 0 saturated heterocycles. The van der Waals surface area contributed by atoms with E-state index in [1.54, 1.807) is 7.11 Å². The topological polar surface area (TPSA) is 52.3 Å². The molecule has 14 heavy (non-hydrogen) atoms. The molecule has 1 aromatic rings. The van der Waals surface area contributed by atoms with Gasteiger partial charge in [0.05, 0.1) is 11.9 Å². The van der Waals surface area contributed by atoms with Gasteiger partial charge < -0.3 is 10.5 Å². The van der Waals surface area contributed by atoms with E-state index >= 15 is 0 Å². The van der Waals surface area contributed by atoms with E-state index in [0.717, 1.165) is 11.3 Å². The van der Waals surface area contributed by atoms with E-state index in [2.05, 4.69) is 15.9 Å². The summed E-state index contributed by atoms with van der Waals surface area (Å²) in [5.74, 6) is 0.430. The molecular formula is C10H12BrNO2. The van der Waals surface area contributed by atoms with Crippen molar-refractivity contribution in [2.24, 2.45) is 5.73 Å². The molecule has 0 radical (unpaired) electrons. The van der Waals surface area contributed by atoms with Gasteiger partial charge in [-0.05, 0) is 24.1 Å². The summed E-state index contributed by atoms with van der Waals surface area (Å²) in [6, 6.07) is 7.56. The zero-order valence-electron chi connectivity index (χ0n) is 7.87. The van der Waals surface area contributed by atoms with Gasteiger partial charge in [0.15, 0.2) is 0 Å². The second-order valence-corrected chi connectivity index (χ2v) is 4.03. The number of methoxy groups -OCH3 is 1. The second-order valence-electron chi connectivity index (χ2n) is 2.93. The Morgan fingerprint density at radius 1 is 1.64 bits per heavy atom. The molecule has 1 atom stereocenters. The van der Waals surface area contributed by atoms with Crippen molar-refractivity contribution >= 4 is 21.8 Å². The standard InChI is InChI=1S/C10H12BrNO2/c1-14-8-4-2-3-7(5-8)6-9(11)10(12)13/h2-5,9H,6H2,1H3,(H2,12,13). The Morgan fingerprint density at radius 2 is 2.36 bits per heavy atom. The van der Waals surface area contributed by atoms with Gasteiger partial charge in [-0.3, -0.25) is 4.79 Å². The van der Waals surface area contributed by atoms with Crippen molar-refractivity contribution in [3.8, 4) is 5.75 Å². The van der Waals surface area contributed by atoms with Crippen LogP contribution < -0.4 is 10.5 Å². The molecule has 0 saturated carbocycles. The highest BCUT2D eigenvalue weighted by molar-refractivity contribution is 9.10. The van der Waals surface area contributed by atoms with Gasteiger partial charge in [-0.25, -0.2) is 0 Å². The van der Waals surface area contributed by atoms with Crippen molar-refractivity contribution in [2.45, 2.75) is 11.2 Å². The zero-order chi connectivity index (χ0) is 10.6. The molecule has 0 fully saturated rings. The van der Waals surface area contributed by atoms with Gasteiger partial charge in [0, 0.05) is 0 Å². The van der Waals surface area contributed by atoms with Gasteiger partial charge in [-0.2, -0.15) is 0 Å². The maximum atomic E-state index is 10.8. The highest BCUT2D eigenvalue weighted by Crippen LogP contribution is 2.16. The lowest BCUT2D eigenvalue weighted by Gasteiger charge is -2.06. The van der Waals surface area contributed by atoms with E-state index in [9.17, 15) is 4.79 Å². The molecule has 1 unspecified atom stereocenters. The first-order valence-corrected chi connectivity index (χ1v) is 5.11. The first-order chi connectivity index (χ1) is 6.63. The van der Waals surface area contributed by atoms with E-state index in [1.165, 1.54) is 0 Å². The maximum absolute atomic E-state index is 10.8. The summed E-state index contributed by atoms with van der Waals surface area (Å²) in [5.41, 5.74) is 6.16. The molecule has 0 aliphatic carbocycles. The Labute approximate surface area is 91.4 Å². The summed E-state index contributed by atoms with van der Waals surface area (Å²) < 4.78 is 5.07. The summed E-state index contributed by atoms with van der Waals surface area (Å²) in [4.78, 5) is 10.5. The van der Waals surface area contributed by atoms with Gasteiger partial charge in [-0.1, -0.05) is 28.1 Å². The summed E-state index contributed by atoms with van der Waals surface area (Å²) in [7, 11) is 1.61. The predicted molar refractivity (Wildman–Crippen MR) is 58.6 cm³/mol. The number of amides is 1. The lowest BCUT2D eigenvalue weighted by molar-refractivity contribution is -0.117. The predicted octanol–water partition coefficient (Wildman–Crippen LogP) is 1.49. The fourth-order valence-electron chi connectivity index (χ4n) is 1.11. The average molecular weight is 258 g/mol. The fraction of sp³-hybridized carbons (Fsp3) is 0.300. The highest BCUT2D eigenvalue weighted by atomic mass is 79.9. The van der Waals surface area contributed by atoms with Crippen molar-refractivity contribution in [3.63, 3.8) is 0 Å². The number of benzene rings is 1. The number of halogens is 1. The van der Waals surface area contributed by atoms with Crippen molar-refractivity contribution in [2.75, 3.05) is 7.11 Å². The van der Waals surface area contributed by atoms with Crippen LogP contribution in [0.1, 0.15) is 5.56 Å². The van der Waals surface area contributed by atoms with Crippen LogP contribution in [0.3, 0.4) is 0 Å². The molecule has 1 rings (SSSR count). The monoisotopic (exact) mass is 257 g/mol. The van der Waals surface area contributed by atoms with E-state index in [1.807, 2.05) is 24.3 Å². The quantitative estimate of drug-likeness (QED) is 0.832. The minimum absolute atomic E-state index is 0.324. The summed E-state index contributed by atoms with van der Waals surface area (Å²) in [6.45, 7) is 0. The smallest absolute Gasteiger partial charge is 0.231 e. The SMILES string of the molecule is COc1cccc(CC(Br)C(N)=O)c1. The number of primary amides is 1. The summed E-state index contributed by atoms with van der Waals surface area (Å²) in [5, 5.41) is 0. The van der Waals surface area contributed by atoms with Crippen LogP contribution >= 0.6 is 15.9 Å². The number of nitrogens with two attached hydrogens (primary N) is 1. The number of hydrogen-bond donors (Lipinski definition) is 1. The van der Waals surface area contributed by atoms with Crippen LogP contribution in [0.5, 0.6) is 5.75 Å². The van der Waals surface area contributed by atoms with Crippen molar-refractivity contribution in [3.05, 3.63) is 29.8 Å². The molecule has 1 amide bonds. The number of alkyl halides is 1. The average Bonchev–Trinajstić information content (AvgIpc) is 2.18. The van der Waals surface area contributed by atoms with E-state index in [4.69, 9.17) is 10.5 Å². The number of rotatable bonds is 4. The molecule has 3 nitrogen and oxygen atoms in total. The van der Waals surface area contributed by atoms with Crippen LogP contribution in [-0.4, -0.2) is 17.8 Å². The largest absolute Gasteiger partial charge is 0.497 e. The minimum atomic E-state index is -0.354. The second kappa shape index (κ2) is 5.00. The van der Waals surface area contributed by atoms with Gasteiger partial charge in [0.2, 0.25) is 5.91 Å². The Bertz CT molecular complexity index is 328. The Hall–Kier alpha value is -1.03. The van der Waals surface area contributed by atoms with Crippen LogP contribution in [0.25, 0.3) is 0 Å². The molecule has 1 aromatic carbocycles. The van der Waals surface area contributed by atoms with E-state index in [-0.39, 0.29) is 10.7 Å². The van der Waals surface area contributed by atoms with Crippen LogP contribution in [0.2, 0.25) is 0 Å². The van der Waals surface area contributed by atoms with Gasteiger partial charge in [0.1, 0.15) is 5.75 Å². The van der Waals surface area contributed by atoms with Crippen molar-refractivity contribution in [1.29, 1.82) is 0 Å².